The standard InChI is InChI=1S/C11H16N4/c12-10(13)7-9-3-4-11(14-8-9)15-5-1-2-6-15/h3-4,8H,1-2,5-7H2,(H3,12,13). The molecule has 0 saturated carbocycles. The van der Waals surface area contributed by atoms with Crippen molar-refractivity contribution in [3.63, 3.8) is 0 Å². The van der Waals surface area contributed by atoms with Crippen LogP contribution >= 0.6 is 0 Å². The molecule has 1 aliphatic rings. The van der Waals surface area contributed by atoms with Gasteiger partial charge in [-0.2, -0.15) is 0 Å². The summed E-state index contributed by atoms with van der Waals surface area (Å²) in [6, 6.07) is 4.02. The molecule has 4 heteroatoms. The lowest BCUT2D eigenvalue weighted by molar-refractivity contribution is 0.934. The second-order valence-corrected chi connectivity index (χ2v) is 3.92. The fraction of sp³-hybridized carbons (Fsp3) is 0.455. The molecule has 2 rings (SSSR count). The predicted octanol–water partition coefficient (Wildman–Crippen LogP) is 1.16. The third kappa shape index (κ3) is 2.46. The van der Waals surface area contributed by atoms with Crippen molar-refractivity contribution < 1.29 is 0 Å². The van der Waals surface area contributed by atoms with Crippen LogP contribution in [-0.4, -0.2) is 23.9 Å². The molecule has 0 spiro atoms. The molecule has 3 N–H and O–H groups in total. The molecule has 1 aromatic rings. The van der Waals surface area contributed by atoms with Crippen LogP contribution in [0, 0.1) is 5.41 Å². The van der Waals surface area contributed by atoms with E-state index in [0.717, 1.165) is 24.5 Å². The third-order valence-corrected chi connectivity index (χ3v) is 2.63. The van der Waals surface area contributed by atoms with Gasteiger partial charge < -0.3 is 10.6 Å². The van der Waals surface area contributed by atoms with Crippen LogP contribution in [0.25, 0.3) is 0 Å². The molecule has 1 saturated heterocycles. The fourth-order valence-corrected chi connectivity index (χ4v) is 1.87. The summed E-state index contributed by atoms with van der Waals surface area (Å²) in [6.07, 6.45) is 4.83. The summed E-state index contributed by atoms with van der Waals surface area (Å²) in [4.78, 5) is 6.68. The first-order valence-electron chi connectivity index (χ1n) is 5.28. The lowest BCUT2D eigenvalue weighted by atomic mass is 10.2. The molecule has 80 valence electrons. The van der Waals surface area contributed by atoms with Crippen LogP contribution in [0.15, 0.2) is 18.3 Å². The zero-order chi connectivity index (χ0) is 10.7. The van der Waals surface area contributed by atoms with Gasteiger partial charge in [-0.15, -0.1) is 0 Å². The van der Waals surface area contributed by atoms with Gasteiger partial charge in [-0.1, -0.05) is 6.07 Å². The Morgan fingerprint density at radius 1 is 1.40 bits per heavy atom. The minimum absolute atomic E-state index is 0.186. The SMILES string of the molecule is N=C(N)Cc1ccc(N2CCCC2)nc1. The van der Waals surface area contributed by atoms with Crippen molar-refractivity contribution in [2.24, 2.45) is 5.73 Å². The van der Waals surface area contributed by atoms with E-state index >= 15 is 0 Å². The number of hydrogen-bond donors (Lipinski definition) is 2. The van der Waals surface area contributed by atoms with Crippen molar-refractivity contribution in [3.05, 3.63) is 23.9 Å². The molecule has 1 aliphatic heterocycles. The van der Waals surface area contributed by atoms with E-state index < -0.39 is 0 Å². The number of aromatic nitrogens is 1. The summed E-state index contributed by atoms with van der Waals surface area (Å²) in [7, 11) is 0. The Bertz CT molecular complexity index is 338. The van der Waals surface area contributed by atoms with Gasteiger partial charge in [0.1, 0.15) is 5.82 Å². The lowest BCUT2D eigenvalue weighted by Gasteiger charge is -2.16. The van der Waals surface area contributed by atoms with Gasteiger partial charge in [0.15, 0.2) is 0 Å². The van der Waals surface area contributed by atoms with Crippen molar-refractivity contribution in [1.82, 2.24) is 4.98 Å². The maximum atomic E-state index is 7.19. The van der Waals surface area contributed by atoms with Gasteiger partial charge in [-0.25, -0.2) is 4.98 Å². The fourth-order valence-electron chi connectivity index (χ4n) is 1.87. The summed E-state index contributed by atoms with van der Waals surface area (Å²) in [6.45, 7) is 2.22. The molecule has 0 radical (unpaired) electrons. The average molecular weight is 204 g/mol. The second-order valence-electron chi connectivity index (χ2n) is 3.92. The lowest BCUT2D eigenvalue weighted by Crippen LogP contribution is -2.19. The van der Waals surface area contributed by atoms with Gasteiger partial charge in [0.2, 0.25) is 0 Å². The summed E-state index contributed by atoms with van der Waals surface area (Å²) in [5.74, 6) is 1.23. The van der Waals surface area contributed by atoms with E-state index in [4.69, 9.17) is 11.1 Å². The zero-order valence-corrected chi connectivity index (χ0v) is 8.74. The van der Waals surface area contributed by atoms with E-state index in [9.17, 15) is 0 Å². The monoisotopic (exact) mass is 204 g/mol. The van der Waals surface area contributed by atoms with Crippen molar-refractivity contribution >= 4 is 11.7 Å². The Labute approximate surface area is 89.6 Å². The average Bonchev–Trinajstić information content (AvgIpc) is 2.71. The highest BCUT2D eigenvalue weighted by molar-refractivity contribution is 5.79. The summed E-state index contributed by atoms with van der Waals surface area (Å²) in [5, 5.41) is 7.19. The quantitative estimate of drug-likeness (QED) is 0.573. The van der Waals surface area contributed by atoms with Crippen molar-refractivity contribution in [1.29, 1.82) is 5.41 Å². The van der Waals surface area contributed by atoms with Gasteiger partial charge in [0.25, 0.3) is 0 Å². The van der Waals surface area contributed by atoms with Gasteiger partial charge in [0.05, 0.1) is 5.84 Å². The molecule has 0 amide bonds. The number of amidine groups is 1. The molecule has 0 aliphatic carbocycles. The number of nitrogens with two attached hydrogens (primary N) is 1. The zero-order valence-electron chi connectivity index (χ0n) is 8.74. The third-order valence-electron chi connectivity index (χ3n) is 2.63. The van der Waals surface area contributed by atoms with Gasteiger partial charge in [-0.05, 0) is 24.5 Å². The molecule has 0 unspecified atom stereocenters. The van der Waals surface area contributed by atoms with E-state index in [1.807, 2.05) is 18.3 Å². The minimum Gasteiger partial charge on any atom is -0.387 e. The van der Waals surface area contributed by atoms with E-state index in [-0.39, 0.29) is 5.84 Å². The molecule has 15 heavy (non-hydrogen) atoms. The highest BCUT2D eigenvalue weighted by Crippen LogP contribution is 2.17. The molecular weight excluding hydrogens is 188 g/mol. The Morgan fingerprint density at radius 3 is 2.67 bits per heavy atom. The van der Waals surface area contributed by atoms with E-state index in [2.05, 4.69) is 9.88 Å². The highest BCUT2D eigenvalue weighted by Gasteiger charge is 2.12. The van der Waals surface area contributed by atoms with E-state index in [1.54, 1.807) is 0 Å². The first-order chi connectivity index (χ1) is 7.25. The summed E-state index contributed by atoms with van der Waals surface area (Å²) in [5.41, 5.74) is 6.33. The van der Waals surface area contributed by atoms with Crippen molar-refractivity contribution in [3.8, 4) is 0 Å². The topological polar surface area (TPSA) is 66.0 Å². The van der Waals surface area contributed by atoms with Crippen LogP contribution in [-0.2, 0) is 6.42 Å². The predicted molar refractivity (Wildman–Crippen MR) is 61.3 cm³/mol. The number of nitrogens with zero attached hydrogens (tertiary/aromatic N) is 2. The first-order valence-corrected chi connectivity index (χ1v) is 5.28. The van der Waals surface area contributed by atoms with Gasteiger partial charge >= 0.3 is 0 Å². The highest BCUT2D eigenvalue weighted by atomic mass is 15.2. The molecule has 0 atom stereocenters. The van der Waals surface area contributed by atoms with Crippen LogP contribution in [0.4, 0.5) is 5.82 Å². The van der Waals surface area contributed by atoms with Crippen molar-refractivity contribution in [2.45, 2.75) is 19.3 Å². The Balaban J connectivity index is 2.06. The van der Waals surface area contributed by atoms with Crippen LogP contribution in [0.5, 0.6) is 0 Å². The Hall–Kier alpha value is -1.58. The molecular formula is C11H16N4. The smallest absolute Gasteiger partial charge is 0.128 e. The van der Waals surface area contributed by atoms with Crippen LogP contribution < -0.4 is 10.6 Å². The van der Waals surface area contributed by atoms with Gasteiger partial charge in [-0.3, -0.25) is 5.41 Å². The molecule has 4 nitrogen and oxygen atoms in total. The van der Waals surface area contributed by atoms with E-state index in [1.165, 1.54) is 12.8 Å². The molecule has 1 fully saturated rings. The summed E-state index contributed by atoms with van der Waals surface area (Å²) < 4.78 is 0. The molecule has 0 bridgehead atoms. The maximum Gasteiger partial charge on any atom is 0.128 e. The van der Waals surface area contributed by atoms with Crippen molar-refractivity contribution in [2.75, 3.05) is 18.0 Å². The number of pyridine rings is 1. The summed E-state index contributed by atoms with van der Waals surface area (Å²) >= 11 is 0. The Kier molecular flexibility index (Phi) is 2.85. The first kappa shape index (κ1) is 9.96. The Morgan fingerprint density at radius 2 is 2.13 bits per heavy atom. The number of rotatable bonds is 3. The molecule has 0 aromatic carbocycles. The second kappa shape index (κ2) is 4.29. The molecule has 1 aromatic heterocycles. The maximum absolute atomic E-state index is 7.19. The van der Waals surface area contributed by atoms with Crippen LogP contribution in [0.1, 0.15) is 18.4 Å². The minimum atomic E-state index is 0.186. The van der Waals surface area contributed by atoms with E-state index in [0.29, 0.717) is 6.42 Å². The largest absolute Gasteiger partial charge is 0.387 e. The van der Waals surface area contributed by atoms with Crippen LogP contribution in [0.3, 0.4) is 0 Å². The normalized spacial score (nSPS) is 15.6. The van der Waals surface area contributed by atoms with Gasteiger partial charge in [0, 0.05) is 25.7 Å². The number of anilines is 1. The number of nitrogens with one attached hydrogen (secondary N) is 1. The molecule has 2 heterocycles. The number of hydrogen-bond acceptors (Lipinski definition) is 3. The van der Waals surface area contributed by atoms with Crippen LogP contribution in [0.2, 0.25) is 0 Å².